The molecule has 3 rings (SSSR count). The van der Waals surface area contributed by atoms with E-state index >= 15 is 0 Å². The molecule has 148 valence electrons. The summed E-state index contributed by atoms with van der Waals surface area (Å²) in [6.45, 7) is 4.67. The van der Waals surface area contributed by atoms with Crippen molar-refractivity contribution < 1.29 is 9.59 Å². The second-order valence-electron chi connectivity index (χ2n) is 6.71. The summed E-state index contributed by atoms with van der Waals surface area (Å²) in [5.74, 6) is -0.382. The summed E-state index contributed by atoms with van der Waals surface area (Å²) < 4.78 is 0.805. The number of pyridine rings is 1. The van der Waals surface area contributed by atoms with E-state index in [2.05, 4.69) is 41.3 Å². The molecule has 1 aromatic carbocycles. The van der Waals surface area contributed by atoms with Crippen LogP contribution in [-0.4, -0.2) is 65.9 Å². The van der Waals surface area contributed by atoms with Crippen molar-refractivity contribution in [2.75, 3.05) is 44.6 Å². The molecule has 0 atom stereocenters. The summed E-state index contributed by atoms with van der Waals surface area (Å²) >= 11 is 3.38. The van der Waals surface area contributed by atoms with Crippen LogP contribution in [-0.2, 0) is 16.1 Å². The van der Waals surface area contributed by atoms with Gasteiger partial charge in [-0.25, -0.2) is 0 Å². The molecule has 7 nitrogen and oxygen atoms in total. The molecule has 2 N–H and O–H groups in total. The van der Waals surface area contributed by atoms with Gasteiger partial charge in [0.1, 0.15) is 0 Å². The highest BCUT2D eigenvalue weighted by Gasteiger charge is 2.19. The van der Waals surface area contributed by atoms with Gasteiger partial charge in [-0.1, -0.05) is 12.1 Å². The Morgan fingerprint density at radius 2 is 1.64 bits per heavy atom. The molecule has 2 aromatic rings. The van der Waals surface area contributed by atoms with Crippen LogP contribution in [0.2, 0.25) is 0 Å². The van der Waals surface area contributed by atoms with E-state index in [0.29, 0.717) is 12.2 Å². The smallest absolute Gasteiger partial charge is 0.243 e. The number of rotatable bonds is 7. The Bertz CT molecular complexity index is 794. The minimum atomic E-state index is -0.248. The van der Waals surface area contributed by atoms with E-state index in [1.54, 1.807) is 6.07 Å². The molecule has 0 spiro atoms. The Morgan fingerprint density at radius 3 is 2.36 bits per heavy atom. The molecule has 1 aliphatic heterocycles. The molecule has 8 heteroatoms. The van der Waals surface area contributed by atoms with Crippen LogP contribution in [0.3, 0.4) is 0 Å². The van der Waals surface area contributed by atoms with Gasteiger partial charge >= 0.3 is 0 Å². The van der Waals surface area contributed by atoms with Gasteiger partial charge in [-0.15, -0.1) is 0 Å². The number of carbonyl (C=O) groups is 2. The number of hydrogen-bond acceptors (Lipinski definition) is 5. The molecule has 0 bridgehead atoms. The predicted molar refractivity (Wildman–Crippen MR) is 112 cm³/mol. The minimum absolute atomic E-state index is 0.0395. The monoisotopic (exact) mass is 445 g/mol. The van der Waals surface area contributed by atoms with Crippen LogP contribution in [0, 0.1) is 0 Å². The van der Waals surface area contributed by atoms with Crippen LogP contribution in [0.5, 0.6) is 0 Å². The first-order chi connectivity index (χ1) is 13.6. The van der Waals surface area contributed by atoms with Crippen LogP contribution >= 0.6 is 15.9 Å². The fourth-order valence-corrected chi connectivity index (χ4v) is 3.43. The number of hydrogen-bond donors (Lipinski definition) is 2. The number of anilines is 1. The minimum Gasteiger partial charge on any atom is -0.346 e. The molecule has 1 fully saturated rings. The van der Waals surface area contributed by atoms with E-state index in [1.807, 2.05) is 42.7 Å². The molecule has 2 amide bonds. The molecular formula is C20H24BrN5O2. The Balaban J connectivity index is 1.34. The van der Waals surface area contributed by atoms with Gasteiger partial charge in [0.25, 0.3) is 0 Å². The van der Waals surface area contributed by atoms with Crippen LogP contribution in [0.1, 0.15) is 5.56 Å². The van der Waals surface area contributed by atoms with Crippen molar-refractivity contribution in [1.29, 1.82) is 0 Å². The van der Waals surface area contributed by atoms with Crippen LogP contribution < -0.4 is 10.6 Å². The highest BCUT2D eigenvalue weighted by atomic mass is 79.9. The number of benzene rings is 1. The number of nitrogens with one attached hydrogen (secondary N) is 2. The van der Waals surface area contributed by atoms with Gasteiger partial charge in [0, 0.05) is 49.6 Å². The Labute approximate surface area is 173 Å². The van der Waals surface area contributed by atoms with Gasteiger partial charge in [-0.05, 0) is 45.8 Å². The molecule has 0 saturated carbocycles. The Kier molecular flexibility index (Phi) is 7.53. The Morgan fingerprint density at radius 1 is 0.964 bits per heavy atom. The first-order valence-corrected chi connectivity index (χ1v) is 10.0. The molecule has 0 aliphatic carbocycles. The maximum atomic E-state index is 12.1. The van der Waals surface area contributed by atoms with Gasteiger partial charge < -0.3 is 10.6 Å². The molecular weight excluding hydrogens is 422 g/mol. The van der Waals surface area contributed by atoms with E-state index in [1.165, 1.54) is 5.56 Å². The lowest BCUT2D eigenvalue weighted by Gasteiger charge is -2.34. The summed E-state index contributed by atoms with van der Waals surface area (Å²) in [5, 5.41) is 5.46. The maximum Gasteiger partial charge on any atom is 0.243 e. The zero-order valence-electron chi connectivity index (χ0n) is 15.6. The summed E-state index contributed by atoms with van der Waals surface area (Å²) in [5.41, 5.74) is 1.93. The third-order valence-corrected chi connectivity index (χ3v) is 5.27. The number of nitrogens with zero attached hydrogens (tertiary/aromatic N) is 3. The lowest BCUT2D eigenvalue weighted by molar-refractivity contribution is -0.125. The van der Waals surface area contributed by atoms with E-state index in [0.717, 1.165) is 37.2 Å². The summed E-state index contributed by atoms with van der Waals surface area (Å²) in [6.07, 6.45) is 3.62. The largest absolute Gasteiger partial charge is 0.346 e. The van der Waals surface area contributed by atoms with Gasteiger partial charge in [-0.3, -0.25) is 24.4 Å². The van der Waals surface area contributed by atoms with Crippen molar-refractivity contribution in [2.45, 2.75) is 6.54 Å². The first-order valence-electron chi connectivity index (χ1n) is 9.25. The fraction of sp³-hybridized carbons (Fsp3) is 0.350. The Hall–Kier alpha value is -2.29. The lowest BCUT2D eigenvalue weighted by atomic mass is 10.2. The van der Waals surface area contributed by atoms with Crippen LogP contribution in [0.25, 0.3) is 0 Å². The second-order valence-corrected chi connectivity index (χ2v) is 7.57. The van der Waals surface area contributed by atoms with Crippen LogP contribution in [0.15, 0.2) is 53.3 Å². The average Bonchev–Trinajstić information content (AvgIpc) is 2.70. The van der Waals surface area contributed by atoms with E-state index < -0.39 is 0 Å². The quantitative estimate of drug-likeness (QED) is 0.678. The van der Waals surface area contributed by atoms with Gasteiger partial charge in [0.2, 0.25) is 11.8 Å². The van der Waals surface area contributed by atoms with E-state index in [-0.39, 0.29) is 18.4 Å². The highest BCUT2D eigenvalue weighted by Crippen LogP contribution is 2.20. The van der Waals surface area contributed by atoms with Crippen molar-refractivity contribution in [3.8, 4) is 0 Å². The number of amides is 2. The number of para-hydroxylation sites is 1. The second kappa shape index (κ2) is 10.3. The van der Waals surface area contributed by atoms with Crippen molar-refractivity contribution in [3.05, 3.63) is 58.8 Å². The first kappa shape index (κ1) is 20.4. The molecule has 0 unspecified atom stereocenters. The zero-order valence-corrected chi connectivity index (χ0v) is 17.2. The van der Waals surface area contributed by atoms with Crippen molar-refractivity contribution in [3.63, 3.8) is 0 Å². The van der Waals surface area contributed by atoms with Crippen LogP contribution in [0.4, 0.5) is 5.69 Å². The molecule has 0 radical (unpaired) electrons. The number of carbonyl (C=O) groups excluding carboxylic acids is 2. The summed E-state index contributed by atoms with van der Waals surface area (Å²) in [7, 11) is 0. The zero-order chi connectivity index (χ0) is 19.8. The van der Waals surface area contributed by atoms with Gasteiger partial charge in [0.05, 0.1) is 18.8 Å². The summed E-state index contributed by atoms with van der Waals surface area (Å²) in [4.78, 5) is 32.7. The van der Waals surface area contributed by atoms with Crippen molar-refractivity contribution in [1.82, 2.24) is 20.1 Å². The topological polar surface area (TPSA) is 77.6 Å². The van der Waals surface area contributed by atoms with Crippen molar-refractivity contribution >= 4 is 33.4 Å². The summed E-state index contributed by atoms with van der Waals surface area (Å²) in [6, 6.07) is 11.4. The molecule has 1 saturated heterocycles. The fourth-order valence-electron chi connectivity index (χ4n) is 3.05. The molecule has 2 heterocycles. The van der Waals surface area contributed by atoms with E-state index in [9.17, 15) is 9.59 Å². The van der Waals surface area contributed by atoms with E-state index in [4.69, 9.17) is 0 Å². The highest BCUT2D eigenvalue weighted by molar-refractivity contribution is 9.10. The number of piperazine rings is 1. The lowest BCUT2D eigenvalue weighted by Crippen LogP contribution is -2.49. The number of halogens is 1. The maximum absolute atomic E-state index is 12.1. The number of aromatic nitrogens is 1. The van der Waals surface area contributed by atoms with Crippen molar-refractivity contribution in [2.24, 2.45) is 0 Å². The SMILES string of the molecule is O=C(CN1CCN(Cc2ccncc2)CC1)NCC(=O)Nc1ccccc1Br. The molecule has 28 heavy (non-hydrogen) atoms. The third kappa shape index (κ3) is 6.40. The standard InChI is InChI=1S/C20H24BrN5O2/c21-17-3-1-2-4-18(17)24-19(27)13-23-20(28)15-26-11-9-25(10-12-26)14-16-5-7-22-8-6-16/h1-8H,9-15H2,(H,23,28)(H,24,27). The molecule has 1 aliphatic rings. The predicted octanol–water partition coefficient (Wildman–Crippen LogP) is 1.72. The van der Waals surface area contributed by atoms with Gasteiger partial charge in [0.15, 0.2) is 0 Å². The van der Waals surface area contributed by atoms with Gasteiger partial charge in [-0.2, -0.15) is 0 Å². The molecule has 1 aromatic heterocycles. The normalized spacial score (nSPS) is 15.2. The average molecular weight is 446 g/mol. The third-order valence-electron chi connectivity index (χ3n) is 4.58.